The van der Waals surface area contributed by atoms with Crippen molar-refractivity contribution in [1.82, 2.24) is 9.55 Å². The van der Waals surface area contributed by atoms with Crippen molar-refractivity contribution in [3.8, 4) is 17.9 Å². The summed E-state index contributed by atoms with van der Waals surface area (Å²) in [5.74, 6) is 0.691. The second kappa shape index (κ2) is 6.82. The number of aliphatic hydroxyl groups is 1. The van der Waals surface area contributed by atoms with Crippen LogP contribution in [0.5, 0.6) is 5.75 Å². The molecule has 0 bridgehead atoms. The van der Waals surface area contributed by atoms with Crippen molar-refractivity contribution < 1.29 is 9.84 Å². The second-order valence-corrected chi connectivity index (χ2v) is 5.26. The van der Waals surface area contributed by atoms with Gasteiger partial charge < -0.3 is 14.4 Å². The summed E-state index contributed by atoms with van der Waals surface area (Å²) in [5.41, 5.74) is 0.196. The lowest BCUT2D eigenvalue weighted by Gasteiger charge is -2.14. The van der Waals surface area contributed by atoms with Gasteiger partial charge in [0, 0.05) is 5.39 Å². The van der Waals surface area contributed by atoms with Crippen LogP contribution in [0.15, 0.2) is 48.8 Å². The molecule has 2 aromatic carbocycles. The van der Waals surface area contributed by atoms with Crippen molar-refractivity contribution in [2.75, 3.05) is 6.61 Å². The number of aromatic nitrogens is 2. The quantitative estimate of drug-likeness (QED) is 0.778. The van der Waals surface area contributed by atoms with Gasteiger partial charge in [-0.05, 0) is 11.5 Å². The molecule has 1 heterocycles. The molecular formula is C18H14N4O2. The topological polar surface area (TPSA) is 94.9 Å². The number of aliphatic hydroxyl groups excluding tert-OH is 1. The zero-order valence-corrected chi connectivity index (χ0v) is 12.8. The third-order valence-electron chi connectivity index (χ3n) is 3.64. The minimum Gasteiger partial charge on any atom is -0.490 e. The van der Waals surface area contributed by atoms with Gasteiger partial charge in [0.15, 0.2) is 11.4 Å². The normalized spacial score (nSPS) is 11.6. The first kappa shape index (κ1) is 15.5. The summed E-state index contributed by atoms with van der Waals surface area (Å²) in [7, 11) is 0. The molecule has 1 unspecified atom stereocenters. The van der Waals surface area contributed by atoms with Crippen LogP contribution in [0.2, 0.25) is 0 Å². The van der Waals surface area contributed by atoms with E-state index in [-0.39, 0.29) is 24.5 Å². The number of rotatable bonds is 5. The van der Waals surface area contributed by atoms with Crippen LogP contribution in [0.4, 0.5) is 0 Å². The van der Waals surface area contributed by atoms with E-state index in [9.17, 15) is 5.11 Å². The number of imidazole rings is 1. The lowest BCUT2D eigenvalue weighted by Crippen LogP contribution is -2.24. The fourth-order valence-corrected chi connectivity index (χ4v) is 2.51. The van der Waals surface area contributed by atoms with Crippen molar-refractivity contribution in [2.45, 2.75) is 12.6 Å². The minimum absolute atomic E-state index is 0.0553. The monoisotopic (exact) mass is 318 g/mol. The molecule has 0 saturated carbocycles. The average molecular weight is 318 g/mol. The molecule has 6 nitrogen and oxygen atoms in total. The smallest absolute Gasteiger partial charge is 0.176 e. The Morgan fingerprint density at radius 1 is 1.12 bits per heavy atom. The van der Waals surface area contributed by atoms with Gasteiger partial charge in [-0.15, -0.1) is 0 Å². The molecule has 0 spiro atoms. The SMILES string of the molecule is N#Cc1ncn(CC(O)COc2cccc3ccccc23)c1C#N. The summed E-state index contributed by atoms with van der Waals surface area (Å²) in [5, 5.41) is 30.2. The predicted octanol–water partition coefficient (Wildman–Crippen LogP) is 2.22. The molecule has 1 N–H and O–H groups in total. The largest absolute Gasteiger partial charge is 0.490 e. The first-order valence-electron chi connectivity index (χ1n) is 7.37. The Labute approximate surface area is 138 Å². The maximum absolute atomic E-state index is 10.2. The molecule has 1 aromatic heterocycles. The molecule has 0 aliphatic carbocycles. The average Bonchev–Trinajstić information content (AvgIpc) is 3.01. The molecule has 0 radical (unpaired) electrons. The lowest BCUT2D eigenvalue weighted by molar-refractivity contribution is 0.0930. The van der Waals surface area contributed by atoms with Crippen LogP contribution in [-0.2, 0) is 6.54 Å². The van der Waals surface area contributed by atoms with Crippen molar-refractivity contribution in [1.29, 1.82) is 10.5 Å². The van der Waals surface area contributed by atoms with E-state index in [4.69, 9.17) is 15.3 Å². The van der Waals surface area contributed by atoms with E-state index in [2.05, 4.69) is 4.98 Å². The zero-order chi connectivity index (χ0) is 16.9. The van der Waals surface area contributed by atoms with Gasteiger partial charge >= 0.3 is 0 Å². The van der Waals surface area contributed by atoms with Crippen molar-refractivity contribution >= 4 is 10.8 Å². The lowest BCUT2D eigenvalue weighted by atomic mass is 10.1. The van der Waals surface area contributed by atoms with E-state index in [0.29, 0.717) is 5.75 Å². The number of nitriles is 2. The predicted molar refractivity (Wildman–Crippen MR) is 87.1 cm³/mol. The first-order valence-corrected chi connectivity index (χ1v) is 7.37. The molecule has 1 atom stereocenters. The fourth-order valence-electron chi connectivity index (χ4n) is 2.51. The molecule has 0 saturated heterocycles. The number of benzene rings is 2. The van der Waals surface area contributed by atoms with Crippen molar-refractivity contribution in [2.24, 2.45) is 0 Å². The van der Waals surface area contributed by atoms with E-state index in [1.165, 1.54) is 10.9 Å². The van der Waals surface area contributed by atoms with Crippen molar-refractivity contribution in [3.63, 3.8) is 0 Å². The molecule has 3 aromatic rings. The van der Waals surface area contributed by atoms with Crippen LogP contribution in [0.1, 0.15) is 11.4 Å². The number of nitrogens with zero attached hydrogens (tertiary/aromatic N) is 4. The summed E-state index contributed by atoms with van der Waals surface area (Å²) < 4.78 is 7.18. The Morgan fingerprint density at radius 2 is 1.92 bits per heavy atom. The van der Waals surface area contributed by atoms with E-state index in [0.717, 1.165) is 10.8 Å². The van der Waals surface area contributed by atoms with Gasteiger partial charge in [-0.2, -0.15) is 10.5 Å². The third-order valence-corrected chi connectivity index (χ3v) is 3.64. The van der Waals surface area contributed by atoms with Gasteiger partial charge in [-0.3, -0.25) is 0 Å². The van der Waals surface area contributed by atoms with E-state index >= 15 is 0 Å². The highest BCUT2D eigenvalue weighted by Crippen LogP contribution is 2.25. The number of ether oxygens (including phenoxy) is 1. The third kappa shape index (κ3) is 3.05. The van der Waals surface area contributed by atoms with Gasteiger partial charge in [-0.25, -0.2) is 4.98 Å². The number of fused-ring (bicyclic) bond motifs is 1. The van der Waals surface area contributed by atoms with Crippen LogP contribution in [0, 0.1) is 22.7 Å². The molecular weight excluding hydrogens is 304 g/mol. The molecule has 0 aliphatic heterocycles. The van der Waals surface area contributed by atoms with E-state index < -0.39 is 6.10 Å². The number of hydrogen-bond acceptors (Lipinski definition) is 5. The molecule has 6 heteroatoms. The van der Waals surface area contributed by atoms with Gasteiger partial charge in [0.2, 0.25) is 0 Å². The van der Waals surface area contributed by atoms with Gasteiger partial charge in [0.1, 0.15) is 30.6 Å². The van der Waals surface area contributed by atoms with E-state index in [1.807, 2.05) is 54.6 Å². The highest BCUT2D eigenvalue weighted by atomic mass is 16.5. The fraction of sp³-hybridized carbons (Fsp3) is 0.167. The maximum Gasteiger partial charge on any atom is 0.176 e. The minimum atomic E-state index is -0.836. The summed E-state index contributed by atoms with van der Waals surface area (Å²) in [4.78, 5) is 3.85. The Bertz CT molecular complexity index is 944. The molecule has 0 fully saturated rings. The molecule has 3 rings (SSSR count). The van der Waals surface area contributed by atoms with Gasteiger partial charge in [0.25, 0.3) is 0 Å². The van der Waals surface area contributed by atoms with E-state index in [1.54, 1.807) is 0 Å². The molecule has 24 heavy (non-hydrogen) atoms. The first-order chi connectivity index (χ1) is 11.7. The number of hydrogen-bond donors (Lipinski definition) is 1. The Morgan fingerprint density at radius 3 is 2.71 bits per heavy atom. The molecule has 118 valence electrons. The summed E-state index contributed by atoms with van der Waals surface area (Å²) in [6.07, 6.45) is 0.537. The zero-order valence-electron chi connectivity index (χ0n) is 12.8. The summed E-state index contributed by atoms with van der Waals surface area (Å²) >= 11 is 0. The molecule has 0 amide bonds. The van der Waals surface area contributed by atoms with Crippen LogP contribution in [-0.4, -0.2) is 27.4 Å². The van der Waals surface area contributed by atoms with Crippen LogP contribution in [0.3, 0.4) is 0 Å². The van der Waals surface area contributed by atoms with Crippen LogP contribution >= 0.6 is 0 Å². The molecule has 0 aliphatic rings. The maximum atomic E-state index is 10.2. The Balaban J connectivity index is 1.70. The Kier molecular flexibility index (Phi) is 4.42. The summed E-state index contributed by atoms with van der Waals surface area (Å²) in [6.45, 7) is 0.196. The second-order valence-electron chi connectivity index (χ2n) is 5.26. The van der Waals surface area contributed by atoms with Crippen LogP contribution in [0.25, 0.3) is 10.8 Å². The highest BCUT2D eigenvalue weighted by Gasteiger charge is 2.14. The standard InChI is InChI=1S/C18H14N4O2/c19-8-16-17(9-20)22(12-21-16)10-14(23)11-24-18-7-3-5-13-4-1-2-6-15(13)18/h1-7,12,14,23H,10-11H2. The van der Waals surface area contributed by atoms with Crippen molar-refractivity contribution in [3.05, 3.63) is 60.2 Å². The highest BCUT2D eigenvalue weighted by molar-refractivity contribution is 5.88. The van der Waals surface area contributed by atoms with Crippen LogP contribution < -0.4 is 4.74 Å². The van der Waals surface area contributed by atoms with Gasteiger partial charge in [0.05, 0.1) is 12.9 Å². The Hall–Kier alpha value is -3.35. The summed E-state index contributed by atoms with van der Waals surface area (Å²) in [6, 6.07) is 17.3. The van der Waals surface area contributed by atoms with Gasteiger partial charge in [-0.1, -0.05) is 36.4 Å².